The van der Waals surface area contributed by atoms with Gasteiger partial charge in [-0.2, -0.15) is 0 Å². The zero-order valence-electron chi connectivity index (χ0n) is 20.6. The third-order valence-electron chi connectivity index (χ3n) is 6.82. The summed E-state index contributed by atoms with van der Waals surface area (Å²) in [5.74, 6) is -2.00. The van der Waals surface area contributed by atoms with Crippen molar-refractivity contribution in [3.05, 3.63) is 101 Å². The van der Waals surface area contributed by atoms with Crippen LogP contribution in [0.2, 0.25) is 0 Å². The number of aliphatic hydroxyl groups excluding tert-OH is 1. The molecule has 5 nitrogen and oxygen atoms in total. The fourth-order valence-electron chi connectivity index (χ4n) is 4.72. The minimum atomic E-state index is -0.444. The van der Waals surface area contributed by atoms with Crippen molar-refractivity contribution in [1.82, 2.24) is 5.32 Å². The molecule has 1 heterocycles. The van der Waals surface area contributed by atoms with Gasteiger partial charge in [0.1, 0.15) is 17.5 Å². The van der Waals surface area contributed by atoms with Gasteiger partial charge < -0.3 is 20.5 Å². The van der Waals surface area contributed by atoms with E-state index in [1.54, 1.807) is 36.4 Å². The van der Waals surface area contributed by atoms with E-state index in [9.17, 15) is 23.1 Å². The molecule has 0 saturated carbocycles. The molecule has 0 aliphatic carbocycles. The maximum atomic E-state index is 14.8. The molecule has 1 saturated heterocycles. The van der Waals surface area contributed by atoms with Crippen LogP contribution in [0, 0.1) is 17.5 Å². The Hall–Kier alpha value is -3.20. The van der Waals surface area contributed by atoms with Crippen LogP contribution in [0.3, 0.4) is 0 Å². The number of halogens is 3. The van der Waals surface area contributed by atoms with Crippen molar-refractivity contribution in [3.63, 3.8) is 0 Å². The highest BCUT2D eigenvalue weighted by Crippen LogP contribution is 2.30. The largest absolute Gasteiger partial charge is 0.395 e. The number of anilines is 1. The number of amides is 1. The molecule has 37 heavy (non-hydrogen) atoms. The molecule has 196 valence electrons. The van der Waals surface area contributed by atoms with Gasteiger partial charge >= 0.3 is 0 Å². The molecule has 0 bridgehead atoms. The maximum Gasteiger partial charge on any atom is 0.225 e. The lowest BCUT2D eigenvalue weighted by Gasteiger charge is -2.35. The summed E-state index contributed by atoms with van der Waals surface area (Å²) in [6.07, 6.45) is 0.571. The van der Waals surface area contributed by atoms with Gasteiger partial charge in [-0.3, -0.25) is 4.79 Å². The Morgan fingerprint density at radius 3 is 2.22 bits per heavy atom. The second-order valence-corrected chi connectivity index (χ2v) is 9.37. The number of nitrogens with one attached hydrogen (secondary N) is 2. The van der Waals surface area contributed by atoms with Gasteiger partial charge in [0.05, 0.1) is 24.9 Å². The van der Waals surface area contributed by atoms with E-state index >= 15 is 0 Å². The molecule has 0 radical (unpaired) electrons. The zero-order valence-corrected chi connectivity index (χ0v) is 20.6. The fourth-order valence-corrected chi connectivity index (χ4v) is 4.72. The SMILES string of the molecule is C[C@@H]1O[C@H](CCc2c(F)cccc2NC(=O)CC(c2ccc(F)cc2)c2ccc(F)cc2)CN[C@@H]1CO. The van der Waals surface area contributed by atoms with E-state index in [1.165, 1.54) is 30.3 Å². The number of hydrogen-bond acceptors (Lipinski definition) is 4. The number of morpholine rings is 1. The Kier molecular flexibility index (Phi) is 8.97. The molecule has 4 rings (SSSR count). The maximum absolute atomic E-state index is 14.8. The van der Waals surface area contributed by atoms with Crippen molar-refractivity contribution in [2.75, 3.05) is 18.5 Å². The predicted molar refractivity (Wildman–Crippen MR) is 136 cm³/mol. The number of hydrogen-bond donors (Lipinski definition) is 3. The van der Waals surface area contributed by atoms with Gasteiger partial charge in [0.2, 0.25) is 5.91 Å². The average molecular weight is 513 g/mol. The molecule has 3 aromatic carbocycles. The molecule has 1 aliphatic heterocycles. The second-order valence-electron chi connectivity index (χ2n) is 9.37. The molecule has 1 fully saturated rings. The van der Waals surface area contributed by atoms with Crippen molar-refractivity contribution < 1.29 is 27.8 Å². The molecular formula is C29H31F3N2O3. The number of rotatable bonds is 9. The van der Waals surface area contributed by atoms with E-state index in [0.717, 1.165) is 0 Å². The number of ether oxygens (including phenoxy) is 1. The van der Waals surface area contributed by atoms with Crippen molar-refractivity contribution in [1.29, 1.82) is 0 Å². The van der Waals surface area contributed by atoms with E-state index in [-0.39, 0.29) is 37.2 Å². The third-order valence-corrected chi connectivity index (χ3v) is 6.82. The molecule has 3 aromatic rings. The average Bonchev–Trinajstić information content (AvgIpc) is 2.88. The van der Waals surface area contributed by atoms with Gasteiger partial charge in [-0.05, 0) is 67.3 Å². The highest BCUT2D eigenvalue weighted by atomic mass is 19.1. The lowest BCUT2D eigenvalue weighted by molar-refractivity contribution is -0.116. The quantitative estimate of drug-likeness (QED) is 0.380. The number of carbonyl (C=O) groups excluding carboxylic acids is 1. The van der Waals surface area contributed by atoms with E-state index < -0.39 is 23.4 Å². The van der Waals surface area contributed by atoms with Crippen molar-refractivity contribution in [2.45, 2.75) is 50.4 Å². The van der Waals surface area contributed by atoms with Crippen LogP contribution < -0.4 is 10.6 Å². The van der Waals surface area contributed by atoms with Crippen LogP contribution in [-0.4, -0.2) is 42.4 Å². The first kappa shape index (κ1) is 26.9. The standard InChI is InChI=1S/C29H31F3N2O3/c1-18-28(17-35)33-16-23(37-18)13-14-24-26(32)3-2-4-27(24)34-29(36)15-25(19-5-9-21(30)10-6-19)20-7-11-22(31)12-8-20/h2-12,18,23,25,28,33,35H,13-17H2,1H3,(H,34,36)/t18-,23+,28+/m0/s1. The number of benzene rings is 3. The molecule has 0 aromatic heterocycles. The monoisotopic (exact) mass is 512 g/mol. The topological polar surface area (TPSA) is 70.6 Å². The van der Waals surface area contributed by atoms with Gasteiger partial charge in [0.25, 0.3) is 0 Å². The number of carbonyl (C=O) groups is 1. The van der Waals surface area contributed by atoms with E-state index in [4.69, 9.17) is 4.74 Å². The van der Waals surface area contributed by atoms with Gasteiger partial charge in [-0.25, -0.2) is 13.2 Å². The van der Waals surface area contributed by atoms with Crippen molar-refractivity contribution in [2.24, 2.45) is 0 Å². The molecule has 1 amide bonds. The van der Waals surface area contributed by atoms with Crippen LogP contribution >= 0.6 is 0 Å². The molecule has 8 heteroatoms. The Bertz CT molecular complexity index is 1140. The Labute approximate surface area is 214 Å². The second kappa shape index (κ2) is 12.4. The predicted octanol–water partition coefficient (Wildman–Crippen LogP) is 4.94. The van der Waals surface area contributed by atoms with Crippen molar-refractivity contribution in [3.8, 4) is 0 Å². The Morgan fingerprint density at radius 1 is 1.03 bits per heavy atom. The van der Waals surface area contributed by atoms with Crippen LogP contribution in [-0.2, 0) is 16.0 Å². The summed E-state index contributed by atoms with van der Waals surface area (Å²) in [5, 5.41) is 15.5. The first-order valence-corrected chi connectivity index (χ1v) is 12.4. The normalized spacial score (nSPS) is 19.7. The first-order valence-electron chi connectivity index (χ1n) is 12.4. The van der Waals surface area contributed by atoms with Gasteiger partial charge in [-0.1, -0.05) is 30.3 Å². The summed E-state index contributed by atoms with van der Waals surface area (Å²) in [6, 6.07) is 16.1. The Balaban J connectivity index is 1.47. The molecular weight excluding hydrogens is 481 g/mol. The fraction of sp³-hybridized carbons (Fsp3) is 0.345. The third kappa shape index (κ3) is 6.97. The Morgan fingerprint density at radius 2 is 1.65 bits per heavy atom. The molecule has 3 N–H and O–H groups in total. The summed E-state index contributed by atoms with van der Waals surface area (Å²) < 4.78 is 47.8. The summed E-state index contributed by atoms with van der Waals surface area (Å²) in [6.45, 7) is 2.41. The van der Waals surface area contributed by atoms with Gasteiger partial charge in [0, 0.05) is 30.1 Å². The molecule has 3 atom stereocenters. The van der Waals surface area contributed by atoms with E-state index in [2.05, 4.69) is 10.6 Å². The van der Waals surface area contributed by atoms with Gasteiger partial charge in [-0.15, -0.1) is 0 Å². The lowest BCUT2D eigenvalue weighted by Crippen LogP contribution is -2.53. The van der Waals surface area contributed by atoms with Gasteiger partial charge in [0.15, 0.2) is 0 Å². The highest BCUT2D eigenvalue weighted by Gasteiger charge is 2.27. The minimum absolute atomic E-state index is 0.00291. The highest BCUT2D eigenvalue weighted by molar-refractivity contribution is 5.92. The van der Waals surface area contributed by atoms with Crippen LogP contribution in [0.4, 0.5) is 18.9 Å². The van der Waals surface area contributed by atoms with Crippen LogP contribution in [0.5, 0.6) is 0 Å². The summed E-state index contributed by atoms with van der Waals surface area (Å²) in [7, 11) is 0. The summed E-state index contributed by atoms with van der Waals surface area (Å²) in [5.41, 5.74) is 2.18. The minimum Gasteiger partial charge on any atom is -0.395 e. The lowest BCUT2D eigenvalue weighted by atomic mass is 9.88. The van der Waals surface area contributed by atoms with E-state index in [1.807, 2.05) is 6.92 Å². The van der Waals surface area contributed by atoms with Crippen LogP contribution in [0.15, 0.2) is 66.7 Å². The molecule has 0 spiro atoms. The van der Waals surface area contributed by atoms with E-state index in [0.29, 0.717) is 41.8 Å². The summed E-state index contributed by atoms with van der Waals surface area (Å²) in [4.78, 5) is 13.1. The smallest absolute Gasteiger partial charge is 0.225 e. The van der Waals surface area contributed by atoms with Crippen molar-refractivity contribution >= 4 is 11.6 Å². The van der Waals surface area contributed by atoms with Crippen LogP contribution in [0.1, 0.15) is 42.4 Å². The van der Waals surface area contributed by atoms with Crippen LogP contribution in [0.25, 0.3) is 0 Å². The number of aliphatic hydroxyl groups is 1. The molecule has 0 unspecified atom stereocenters. The zero-order chi connectivity index (χ0) is 26.4. The summed E-state index contributed by atoms with van der Waals surface area (Å²) >= 11 is 0. The first-order chi connectivity index (χ1) is 17.8. The molecule has 1 aliphatic rings.